The Hall–Kier alpha value is -1.55. The maximum Gasteiger partial charge on any atom is 0.319 e. The van der Waals surface area contributed by atoms with Crippen LogP contribution in [0.25, 0.3) is 0 Å². The lowest BCUT2D eigenvalue weighted by molar-refractivity contribution is 0.252. The molecular weight excluding hydrogens is 190 g/mol. The Morgan fingerprint density at radius 2 is 2.13 bits per heavy atom. The molecule has 0 heterocycles. The Morgan fingerprint density at radius 3 is 2.80 bits per heavy atom. The van der Waals surface area contributed by atoms with Gasteiger partial charge in [0.2, 0.25) is 0 Å². The molecule has 4 N–H and O–H groups in total. The molecule has 0 aliphatic carbocycles. The minimum Gasteiger partial charge on any atom is -0.338 e. The molecule has 1 aromatic rings. The van der Waals surface area contributed by atoms with Crippen LogP contribution in [-0.4, -0.2) is 19.1 Å². The molecule has 0 bridgehead atoms. The summed E-state index contributed by atoms with van der Waals surface area (Å²) < 4.78 is 0. The highest BCUT2D eigenvalue weighted by Crippen LogP contribution is 2.14. The molecule has 4 nitrogen and oxygen atoms in total. The topological polar surface area (TPSA) is 67.2 Å². The fourth-order valence-corrected chi connectivity index (χ4v) is 1.34. The van der Waals surface area contributed by atoms with Gasteiger partial charge in [-0.3, -0.25) is 0 Å². The van der Waals surface area contributed by atoms with E-state index < -0.39 is 0 Å². The maximum absolute atomic E-state index is 11.3. The standard InChI is InChI=1S/C11H17N3O/c1-2-13-11(15)14-10-6-4-3-5-9(10)7-8-12/h3-6H,2,7-8,12H2,1H3,(H2,13,14,15). The van der Waals surface area contributed by atoms with E-state index in [1.54, 1.807) is 0 Å². The number of nitrogens with one attached hydrogen (secondary N) is 2. The number of hydrogen-bond donors (Lipinski definition) is 3. The fourth-order valence-electron chi connectivity index (χ4n) is 1.34. The smallest absolute Gasteiger partial charge is 0.319 e. The summed E-state index contributed by atoms with van der Waals surface area (Å²) in [6, 6.07) is 7.49. The predicted molar refractivity (Wildman–Crippen MR) is 61.9 cm³/mol. The molecule has 0 saturated heterocycles. The number of anilines is 1. The Labute approximate surface area is 89.9 Å². The van der Waals surface area contributed by atoms with E-state index in [-0.39, 0.29) is 6.03 Å². The summed E-state index contributed by atoms with van der Waals surface area (Å²) in [5.41, 5.74) is 7.38. The van der Waals surface area contributed by atoms with Gasteiger partial charge in [-0.2, -0.15) is 0 Å². The summed E-state index contributed by atoms with van der Waals surface area (Å²) in [6.45, 7) is 3.07. The van der Waals surface area contributed by atoms with Gasteiger partial charge in [-0.15, -0.1) is 0 Å². The summed E-state index contributed by atoms with van der Waals surface area (Å²) in [6.07, 6.45) is 0.766. The second-order valence-corrected chi connectivity index (χ2v) is 3.18. The van der Waals surface area contributed by atoms with Gasteiger partial charge in [0.05, 0.1) is 0 Å². The lowest BCUT2D eigenvalue weighted by atomic mass is 10.1. The molecule has 0 atom stereocenters. The number of benzene rings is 1. The van der Waals surface area contributed by atoms with Gasteiger partial charge in [0.1, 0.15) is 0 Å². The van der Waals surface area contributed by atoms with E-state index in [9.17, 15) is 4.79 Å². The van der Waals surface area contributed by atoms with Crippen molar-refractivity contribution in [1.82, 2.24) is 5.32 Å². The van der Waals surface area contributed by atoms with Gasteiger partial charge in [-0.05, 0) is 31.5 Å². The number of rotatable bonds is 4. The van der Waals surface area contributed by atoms with Crippen molar-refractivity contribution in [1.29, 1.82) is 0 Å². The van der Waals surface area contributed by atoms with Gasteiger partial charge in [0.15, 0.2) is 0 Å². The number of urea groups is 1. The van der Waals surface area contributed by atoms with Crippen molar-refractivity contribution >= 4 is 11.7 Å². The third kappa shape index (κ3) is 3.59. The van der Waals surface area contributed by atoms with E-state index in [1.807, 2.05) is 31.2 Å². The minimum absolute atomic E-state index is 0.179. The van der Waals surface area contributed by atoms with E-state index in [0.29, 0.717) is 13.1 Å². The fraction of sp³-hybridized carbons (Fsp3) is 0.364. The molecule has 0 fully saturated rings. The number of para-hydroxylation sites is 1. The number of hydrogen-bond acceptors (Lipinski definition) is 2. The first kappa shape index (κ1) is 11.5. The first-order chi connectivity index (χ1) is 7.27. The lowest BCUT2D eigenvalue weighted by Crippen LogP contribution is -2.28. The lowest BCUT2D eigenvalue weighted by Gasteiger charge is -2.10. The number of carbonyl (C=O) groups is 1. The average molecular weight is 207 g/mol. The van der Waals surface area contributed by atoms with Crippen molar-refractivity contribution in [3.8, 4) is 0 Å². The van der Waals surface area contributed by atoms with Crippen molar-refractivity contribution in [2.45, 2.75) is 13.3 Å². The Kier molecular flexibility index (Phi) is 4.63. The van der Waals surface area contributed by atoms with Crippen LogP contribution in [0.1, 0.15) is 12.5 Å². The molecule has 15 heavy (non-hydrogen) atoms. The van der Waals surface area contributed by atoms with Crippen LogP contribution in [0, 0.1) is 0 Å². The Bertz CT molecular complexity index is 325. The first-order valence-electron chi connectivity index (χ1n) is 5.10. The SMILES string of the molecule is CCNC(=O)Nc1ccccc1CCN. The molecule has 0 aliphatic heterocycles. The van der Waals surface area contributed by atoms with Crippen LogP contribution in [0.5, 0.6) is 0 Å². The van der Waals surface area contributed by atoms with Crippen molar-refractivity contribution in [3.05, 3.63) is 29.8 Å². The molecule has 1 aromatic carbocycles. The highest BCUT2D eigenvalue weighted by molar-refractivity contribution is 5.90. The van der Waals surface area contributed by atoms with Crippen molar-refractivity contribution < 1.29 is 4.79 Å². The van der Waals surface area contributed by atoms with Crippen LogP contribution in [0.4, 0.5) is 10.5 Å². The molecular formula is C11H17N3O. The maximum atomic E-state index is 11.3. The summed E-state index contributed by atoms with van der Waals surface area (Å²) in [5, 5.41) is 5.47. The first-order valence-corrected chi connectivity index (χ1v) is 5.10. The zero-order valence-corrected chi connectivity index (χ0v) is 8.92. The Morgan fingerprint density at radius 1 is 1.40 bits per heavy atom. The van der Waals surface area contributed by atoms with E-state index in [0.717, 1.165) is 17.7 Å². The number of amides is 2. The van der Waals surface area contributed by atoms with Crippen LogP contribution in [0.15, 0.2) is 24.3 Å². The van der Waals surface area contributed by atoms with Gasteiger partial charge in [0, 0.05) is 12.2 Å². The van der Waals surface area contributed by atoms with E-state index in [2.05, 4.69) is 10.6 Å². The van der Waals surface area contributed by atoms with Crippen LogP contribution >= 0.6 is 0 Å². The third-order valence-corrected chi connectivity index (χ3v) is 2.02. The Balaban J connectivity index is 2.70. The van der Waals surface area contributed by atoms with Crippen molar-refractivity contribution in [2.75, 3.05) is 18.4 Å². The summed E-state index contributed by atoms with van der Waals surface area (Å²) in [5.74, 6) is 0. The number of nitrogens with two attached hydrogens (primary N) is 1. The normalized spacial score (nSPS) is 9.73. The monoisotopic (exact) mass is 207 g/mol. The molecule has 0 unspecified atom stereocenters. The molecule has 0 saturated carbocycles. The molecule has 2 amide bonds. The van der Waals surface area contributed by atoms with E-state index in [4.69, 9.17) is 5.73 Å². The van der Waals surface area contributed by atoms with Crippen LogP contribution < -0.4 is 16.4 Å². The molecule has 82 valence electrons. The molecule has 0 spiro atoms. The second-order valence-electron chi connectivity index (χ2n) is 3.18. The summed E-state index contributed by atoms with van der Waals surface area (Å²) in [4.78, 5) is 11.3. The van der Waals surface area contributed by atoms with Crippen LogP contribution in [0.3, 0.4) is 0 Å². The van der Waals surface area contributed by atoms with Crippen molar-refractivity contribution in [2.24, 2.45) is 5.73 Å². The van der Waals surface area contributed by atoms with Crippen LogP contribution in [0.2, 0.25) is 0 Å². The quantitative estimate of drug-likeness (QED) is 0.697. The van der Waals surface area contributed by atoms with E-state index in [1.165, 1.54) is 0 Å². The predicted octanol–water partition coefficient (Wildman–Crippen LogP) is 1.33. The summed E-state index contributed by atoms with van der Waals surface area (Å²) in [7, 11) is 0. The van der Waals surface area contributed by atoms with Gasteiger partial charge >= 0.3 is 6.03 Å². The van der Waals surface area contributed by atoms with Crippen LogP contribution in [-0.2, 0) is 6.42 Å². The van der Waals surface area contributed by atoms with Gasteiger partial charge in [0.25, 0.3) is 0 Å². The molecule has 1 rings (SSSR count). The summed E-state index contributed by atoms with van der Waals surface area (Å²) >= 11 is 0. The largest absolute Gasteiger partial charge is 0.338 e. The highest BCUT2D eigenvalue weighted by Gasteiger charge is 2.03. The van der Waals surface area contributed by atoms with Gasteiger partial charge < -0.3 is 16.4 Å². The molecule has 0 aromatic heterocycles. The van der Waals surface area contributed by atoms with Crippen molar-refractivity contribution in [3.63, 3.8) is 0 Å². The van der Waals surface area contributed by atoms with E-state index >= 15 is 0 Å². The third-order valence-electron chi connectivity index (χ3n) is 2.02. The minimum atomic E-state index is -0.179. The molecule has 0 aliphatic rings. The highest BCUT2D eigenvalue weighted by atomic mass is 16.2. The molecule has 4 heteroatoms. The second kappa shape index (κ2) is 6.03. The zero-order valence-electron chi connectivity index (χ0n) is 8.92. The zero-order chi connectivity index (χ0) is 11.1. The van der Waals surface area contributed by atoms with Gasteiger partial charge in [-0.25, -0.2) is 4.79 Å². The van der Waals surface area contributed by atoms with Gasteiger partial charge in [-0.1, -0.05) is 18.2 Å². The molecule has 0 radical (unpaired) electrons. The number of carbonyl (C=O) groups excluding carboxylic acids is 1. The average Bonchev–Trinajstić information content (AvgIpc) is 2.21.